The van der Waals surface area contributed by atoms with Crippen molar-refractivity contribution in [2.24, 2.45) is 0 Å². The van der Waals surface area contributed by atoms with Gasteiger partial charge in [0.15, 0.2) is 0 Å². The molecule has 0 radical (unpaired) electrons. The third-order valence-corrected chi connectivity index (χ3v) is 4.82. The summed E-state index contributed by atoms with van der Waals surface area (Å²) in [6, 6.07) is 8.72. The Morgan fingerprint density at radius 1 is 1.22 bits per heavy atom. The molecule has 1 heteroatoms. The lowest BCUT2D eigenvalue weighted by molar-refractivity contribution is 0.516. The van der Waals surface area contributed by atoms with E-state index in [0.29, 0.717) is 0 Å². The quantitative estimate of drug-likeness (QED) is 0.686. The molecular weight excluding hydrogens is 236 g/mol. The first-order valence-electron chi connectivity index (χ1n) is 7.08. The van der Waals surface area contributed by atoms with Crippen LogP contribution in [0.25, 0.3) is 0 Å². The van der Waals surface area contributed by atoms with Gasteiger partial charge in [-0.1, -0.05) is 50.2 Å². The van der Waals surface area contributed by atoms with Crippen LogP contribution in [0.1, 0.15) is 56.6 Å². The van der Waals surface area contributed by atoms with E-state index in [1.807, 2.05) is 0 Å². The number of thioether (sulfide) groups is 1. The third kappa shape index (κ3) is 4.42. The van der Waals surface area contributed by atoms with Crippen LogP contribution in [0.5, 0.6) is 0 Å². The molecular formula is C17H22S. The van der Waals surface area contributed by atoms with Gasteiger partial charge in [0.2, 0.25) is 0 Å². The summed E-state index contributed by atoms with van der Waals surface area (Å²) >= 11 is 2.13. The van der Waals surface area contributed by atoms with Gasteiger partial charge in [0.1, 0.15) is 0 Å². The molecule has 1 aromatic rings. The van der Waals surface area contributed by atoms with Crippen molar-refractivity contribution in [3.05, 3.63) is 35.4 Å². The van der Waals surface area contributed by atoms with Gasteiger partial charge in [-0.2, -0.15) is 11.8 Å². The fourth-order valence-electron chi connectivity index (χ4n) is 2.38. The Kier molecular flexibility index (Phi) is 5.68. The summed E-state index contributed by atoms with van der Waals surface area (Å²) in [6.07, 6.45) is 8.07. The van der Waals surface area contributed by atoms with Crippen LogP contribution in [-0.2, 0) is 5.75 Å². The van der Waals surface area contributed by atoms with Crippen molar-refractivity contribution in [3.8, 4) is 11.8 Å². The molecule has 1 fully saturated rings. The topological polar surface area (TPSA) is 0 Å². The summed E-state index contributed by atoms with van der Waals surface area (Å²) in [7, 11) is 0. The molecule has 0 N–H and O–H groups in total. The molecule has 1 aliphatic rings. The van der Waals surface area contributed by atoms with Crippen LogP contribution in [0, 0.1) is 11.8 Å². The lowest BCUT2D eigenvalue weighted by Gasteiger charge is -2.20. The smallest absolute Gasteiger partial charge is 0.0248 e. The molecule has 0 saturated heterocycles. The van der Waals surface area contributed by atoms with Crippen molar-refractivity contribution in [1.82, 2.24) is 0 Å². The zero-order valence-electron chi connectivity index (χ0n) is 11.2. The summed E-state index contributed by atoms with van der Waals surface area (Å²) in [4.78, 5) is 0. The minimum absolute atomic E-state index is 0.893. The summed E-state index contributed by atoms with van der Waals surface area (Å²) < 4.78 is 0. The predicted molar refractivity (Wildman–Crippen MR) is 81.8 cm³/mol. The summed E-state index contributed by atoms with van der Waals surface area (Å²) in [5.74, 6) is 7.50. The van der Waals surface area contributed by atoms with Gasteiger partial charge < -0.3 is 0 Å². The predicted octanol–water partition coefficient (Wildman–Crippen LogP) is 5.01. The molecule has 0 unspecified atom stereocenters. The maximum absolute atomic E-state index is 3.21. The van der Waals surface area contributed by atoms with E-state index in [4.69, 9.17) is 0 Å². The second kappa shape index (κ2) is 7.54. The van der Waals surface area contributed by atoms with Crippen molar-refractivity contribution < 1.29 is 0 Å². The molecule has 0 nitrogen and oxygen atoms in total. The molecule has 0 heterocycles. The monoisotopic (exact) mass is 258 g/mol. The van der Waals surface area contributed by atoms with E-state index in [0.717, 1.165) is 17.4 Å². The molecule has 0 atom stereocenters. The molecule has 96 valence electrons. The highest BCUT2D eigenvalue weighted by atomic mass is 32.2. The summed E-state index contributed by atoms with van der Waals surface area (Å²) in [5, 5.41) is 0.893. The van der Waals surface area contributed by atoms with Crippen LogP contribution in [0.2, 0.25) is 0 Å². The first-order valence-corrected chi connectivity index (χ1v) is 8.13. The van der Waals surface area contributed by atoms with Crippen molar-refractivity contribution in [3.63, 3.8) is 0 Å². The average molecular weight is 258 g/mol. The molecule has 0 aromatic heterocycles. The molecule has 2 rings (SSSR count). The van der Waals surface area contributed by atoms with Crippen molar-refractivity contribution >= 4 is 11.8 Å². The Bertz CT molecular complexity index is 419. The standard InChI is InChI=1S/C17H22S/c1-2-3-8-15-9-7-10-16(13-15)14-18-17-11-5-4-6-12-17/h7,9-10,13,17H,2,4-6,11-12,14H2,1H3. The fourth-order valence-corrected chi connectivity index (χ4v) is 3.65. The highest BCUT2D eigenvalue weighted by molar-refractivity contribution is 7.99. The number of rotatable bonds is 3. The first kappa shape index (κ1) is 13.6. The first-order chi connectivity index (χ1) is 8.88. The molecule has 1 aliphatic carbocycles. The van der Waals surface area contributed by atoms with Gasteiger partial charge in [0, 0.05) is 23.0 Å². The van der Waals surface area contributed by atoms with Crippen LogP contribution in [0.4, 0.5) is 0 Å². The van der Waals surface area contributed by atoms with Crippen LogP contribution in [0.15, 0.2) is 24.3 Å². The molecule has 1 saturated carbocycles. The van der Waals surface area contributed by atoms with Gasteiger partial charge in [0.05, 0.1) is 0 Å². The fraction of sp³-hybridized carbons (Fsp3) is 0.529. The Hall–Kier alpha value is -0.870. The van der Waals surface area contributed by atoms with Crippen molar-refractivity contribution in [2.75, 3.05) is 0 Å². The van der Waals surface area contributed by atoms with E-state index < -0.39 is 0 Å². The maximum Gasteiger partial charge on any atom is 0.0248 e. The molecule has 0 aliphatic heterocycles. The van der Waals surface area contributed by atoms with Crippen LogP contribution in [0.3, 0.4) is 0 Å². The second-order valence-electron chi connectivity index (χ2n) is 4.93. The zero-order valence-corrected chi connectivity index (χ0v) is 12.1. The van der Waals surface area contributed by atoms with E-state index in [1.165, 1.54) is 43.2 Å². The van der Waals surface area contributed by atoms with E-state index in [9.17, 15) is 0 Å². The van der Waals surface area contributed by atoms with Gasteiger partial charge >= 0.3 is 0 Å². The zero-order chi connectivity index (χ0) is 12.6. The van der Waals surface area contributed by atoms with E-state index in [1.54, 1.807) is 0 Å². The largest absolute Gasteiger partial charge is 0.154 e. The van der Waals surface area contributed by atoms with E-state index in [-0.39, 0.29) is 0 Å². The molecule has 1 aromatic carbocycles. The third-order valence-electron chi connectivity index (χ3n) is 3.37. The van der Waals surface area contributed by atoms with E-state index in [2.05, 4.69) is 54.8 Å². The number of hydrogen-bond donors (Lipinski definition) is 0. The number of benzene rings is 1. The van der Waals surface area contributed by atoms with Crippen molar-refractivity contribution in [2.45, 2.75) is 56.5 Å². The summed E-state index contributed by atoms with van der Waals surface area (Å²) in [6.45, 7) is 2.09. The Labute approximate surface area is 116 Å². The SMILES string of the molecule is CCC#Cc1cccc(CSC2CCCCC2)c1. The van der Waals surface area contributed by atoms with E-state index >= 15 is 0 Å². The van der Waals surface area contributed by atoms with Crippen LogP contribution < -0.4 is 0 Å². The van der Waals surface area contributed by atoms with Gasteiger partial charge in [-0.05, 0) is 30.5 Å². The van der Waals surface area contributed by atoms with Gasteiger partial charge in [-0.25, -0.2) is 0 Å². The molecule has 18 heavy (non-hydrogen) atoms. The van der Waals surface area contributed by atoms with Gasteiger partial charge in [0.25, 0.3) is 0 Å². The minimum Gasteiger partial charge on any atom is -0.154 e. The number of hydrogen-bond acceptors (Lipinski definition) is 1. The van der Waals surface area contributed by atoms with Crippen LogP contribution in [-0.4, -0.2) is 5.25 Å². The lowest BCUT2D eigenvalue weighted by atomic mass is 10.0. The normalized spacial score (nSPS) is 16.1. The van der Waals surface area contributed by atoms with Crippen LogP contribution >= 0.6 is 11.8 Å². The second-order valence-corrected chi connectivity index (χ2v) is 6.22. The Balaban J connectivity index is 1.88. The Morgan fingerprint density at radius 3 is 2.83 bits per heavy atom. The highest BCUT2D eigenvalue weighted by Crippen LogP contribution is 2.30. The van der Waals surface area contributed by atoms with Gasteiger partial charge in [-0.15, -0.1) is 0 Å². The molecule has 0 spiro atoms. The lowest BCUT2D eigenvalue weighted by Crippen LogP contribution is -2.08. The highest BCUT2D eigenvalue weighted by Gasteiger charge is 2.13. The molecule has 0 bridgehead atoms. The van der Waals surface area contributed by atoms with Crippen molar-refractivity contribution in [1.29, 1.82) is 0 Å². The minimum atomic E-state index is 0.893. The average Bonchev–Trinajstić information content (AvgIpc) is 2.44. The maximum atomic E-state index is 3.21. The van der Waals surface area contributed by atoms with Gasteiger partial charge in [-0.3, -0.25) is 0 Å². The molecule has 0 amide bonds. The Morgan fingerprint density at radius 2 is 2.06 bits per heavy atom. The summed E-state index contributed by atoms with van der Waals surface area (Å²) in [5.41, 5.74) is 2.59.